The zero-order valence-electron chi connectivity index (χ0n) is 14.3. The molecule has 0 atom stereocenters. The van der Waals surface area contributed by atoms with E-state index in [0.717, 1.165) is 57.3 Å². The molecule has 1 aromatic carbocycles. The van der Waals surface area contributed by atoms with Gasteiger partial charge in [-0.05, 0) is 36.8 Å². The second kappa shape index (κ2) is 6.92. The summed E-state index contributed by atoms with van der Waals surface area (Å²) in [5.74, 6) is -0.0568. The highest BCUT2D eigenvalue weighted by atomic mass is 32.2. The number of nitrogen functional groups attached to an aromatic ring is 1. The van der Waals surface area contributed by atoms with Crippen LogP contribution in [-0.2, 0) is 4.74 Å². The summed E-state index contributed by atoms with van der Waals surface area (Å²) in [6.45, 7) is 3.27. The first-order chi connectivity index (χ1) is 12.6. The van der Waals surface area contributed by atoms with Gasteiger partial charge in [-0.25, -0.2) is 9.37 Å². The number of benzene rings is 1. The Labute approximate surface area is 154 Å². The van der Waals surface area contributed by atoms with Crippen molar-refractivity contribution in [2.75, 3.05) is 36.9 Å². The number of nitrogens with zero attached hydrogens (tertiary/aromatic N) is 2. The van der Waals surface area contributed by atoms with Crippen molar-refractivity contribution in [3.63, 3.8) is 0 Å². The zero-order chi connectivity index (χ0) is 18.1. The molecule has 0 aliphatic carbocycles. The summed E-state index contributed by atoms with van der Waals surface area (Å²) in [6.07, 6.45) is 4.71. The molecule has 138 valence electrons. The van der Waals surface area contributed by atoms with E-state index in [1.807, 2.05) is 4.90 Å². The number of ether oxygens (including phenoxy) is 1. The van der Waals surface area contributed by atoms with Crippen LogP contribution in [0.1, 0.15) is 19.3 Å². The Morgan fingerprint density at radius 2 is 2.12 bits per heavy atom. The predicted octanol–water partition coefficient (Wildman–Crippen LogP) is 2.65. The summed E-state index contributed by atoms with van der Waals surface area (Å²) in [5.41, 5.74) is 5.70. The monoisotopic (exact) mass is 376 g/mol. The summed E-state index contributed by atoms with van der Waals surface area (Å²) in [5, 5.41) is 0.487. The Bertz CT molecular complexity index is 857. The lowest BCUT2D eigenvalue weighted by Crippen LogP contribution is -2.42. The van der Waals surface area contributed by atoms with Gasteiger partial charge in [0.2, 0.25) is 0 Å². The molecule has 2 aliphatic heterocycles. The molecule has 0 bridgehead atoms. The number of hydrogen-bond donors (Lipinski definition) is 2. The van der Waals surface area contributed by atoms with Gasteiger partial charge in [0.15, 0.2) is 11.6 Å². The molecule has 0 amide bonds. The van der Waals surface area contributed by atoms with E-state index in [9.17, 15) is 9.18 Å². The summed E-state index contributed by atoms with van der Waals surface area (Å²) >= 11 is 1.11. The number of aromatic amines is 1. The number of anilines is 2. The minimum atomic E-state index is -0.484. The molecule has 4 rings (SSSR count). The van der Waals surface area contributed by atoms with Crippen LogP contribution in [0.3, 0.4) is 0 Å². The molecular weight excluding hydrogens is 355 g/mol. The molecule has 2 saturated heterocycles. The lowest BCUT2D eigenvalue weighted by Gasteiger charge is -2.38. The van der Waals surface area contributed by atoms with Crippen LogP contribution in [-0.4, -0.2) is 36.3 Å². The van der Waals surface area contributed by atoms with Crippen LogP contribution >= 0.6 is 11.8 Å². The van der Waals surface area contributed by atoms with Gasteiger partial charge in [-0.2, -0.15) is 0 Å². The maximum atomic E-state index is 14.0. The minimum Gasteiger partial charge on any atom is -0.396 e. The van der Waals surface area contributed by atoms with Crippen molar-refractivity contribution in [3.05, 3.63) is 40.6 Å². The van der Waals surface area contributed by atoms with Crippen molar-refractivity contribution in [2.24, 2.45) is 5.41 Å². The number of halogens is 1. The molecule has 3 N–H and O–H groups in total. The highest BCUT2D eigenvalue weighted by Crippen LogP contribution is 2.39. The van der Waals surface area contributed by atoms with Gasteiger partial charge in [0.25, 0.3) is 5.56 Å². The van der Waals surface area contributed by atoms with Crippen molar-refractivity contribution in [2.45, 2.75) is 29.2 Å². The van der Waals surface area contributed by atoms with E-state index in [1.165, 1.54) is 6.07 Å². The molecule has 6 nitrogen and oxygen atoms in total. The van der Waals surface area contributed by atoms with Gasteiger partial charge in [-0.3, -0.25) is 4.79 Å². The summed E-state index contributed by atoms with van der Waals surface area (Å²) in [7, 11) is 0. The third kappa shape index (κ3) is 3.31. The molecule has 0 radical (unpaired) electrons. The maximum absolute atomic E-state index is 14.0. The van der Waals surface area contributed by atoms with E-state index >= 15 is 0 Å². The van der Waals surface area contributed by atoms with Crippen LogP contribution in [0.25, 0.3) is 0 Å². The fraction of sp³-hybridized carbons (Fsp3) is 0.444. The third-order valence-corrected chi connectivity index (χ3v) is 6.23. The van der Waals surface area contributed by atoms with Gasteiger partial charge >= 0.3 is 0 Å². The normalized spacial score (nSPS) is 19.2. The third-order valence-electron chi connectivity index (χ3n) is 5.27. The van der Waals surface area contributed by atoms with E-state index in [0.29, 0.717) is 15.7 Å². The molecular formula is C18H21FN4O2S. The number of H-pyrrole nitrogens is 1. The Balaban J connectivity index is 1.48. The largest absolute Gasteiger partial charge is 0.396 e. The maximum Gasteiger partial charge on any atom is 0.291 e. The summed E-state index contributed by atoms with van der Waals surface area (Å²) in [4.78, 5) is 22.0. The highest BCUT2D eigenvalue weighted by molar-refractivity contribution is 7.99. The molecule has 0 unspecified atom stereocenters. The topological polar surface area (TPSA) is 84.2 Å². The lowest BCUT2D eigenvalue weighted by atomic mass is 9.78. The van der Waals surface area contributed by atoms with Crippen LogP contribution in [0.2, 0.25) is 0 Å². The predicted molar refractivity (Wildman–Crippen MR) is 99.1 cm³/mol. The molecule has 3 heterocycles. The van der Waals surface area contributed by atoms with Crippen molar-refractivity contribution >= 4 is 23.3 Å². The minimum absolute atomic E-state index is 0.0834. The lowest BCUT2D eigenvalue weighted by molar-refractivity contribution is 0.133. The smallest absolute Gasteiger partial charge is 0.291 e. The van der Waals surface area contributed by atoms with E-state index in [-0.39, 0.29) is 16.7 Å². The Hall–Kier alpha value is -2.06. The first kappa shape index (κ1) is 17.4. The zero-order valence-corrected chi connectivity index (χ0v) is 15.2. The van der Waals surface area contributed by atoms with Gasteiger partial charge in [0.05, 0.1) is 28.4 Å². The van der Waals surface area contributed by atoms with Crippen molar-refractivity contribution < 1.29 is 9.13 Å². The van der Waals surface area contributed by atoms with Crippen molar-refractivity contribution in [1.29, 1.82) is 0 Å². The highest BCUT2D eigenvalue weighted by Gasteiger charge is 2.38. The van der Waals surface area contributed by atoms with Gasteiger partial charge in [-0.1, -0.05) is 17.8 Å². The number of rotatable bonds is 3. The Morgan fingerprint density at radius 1 is 1.31 bits per heavy atom. The van der Waals surface area contributed by atoms with E-state index in [4.69, 9.17) is 10.5 Å². The van der Waals surface area contributed by atoms with Gasteiger partial charge in [-0.15, -0.1) is 0 Å². The molecule has 2 fully saturated rings. The average Bonchev–Trinajstić information content (AvgIpc) is 3.08. The molecule has 8 heteroatoms. The van der Waals surface area contributed by atoms with Crippen LogP contribution in [0.5, 0.6) is 0 Å². The van der Waals surface area contributed by atoms with Crippen molar-refractivity contribution in [3.8, 4) is 0 Å². The molecule has 2 aliphatic rings. The number of nitrogens with two attached hydrogens (primary N) is 1. The fourth-order valence-electron chi connectivity index (χ4n) is 3.62. The first-order valence-electron chi connectivity index (χ1n) is 8.70. The van der Waals surface area contributed by atoms with Gasteiger partial charge < -0.3 is 20.4 Å². The second-order valence-corrected chi connectivity index (χ2v) is 8.04. The Kier molecular flexibility index (Phi) is 4.62. The summed E-state index contributed by atoms with van der Waals surface area (Å²) < 4.78 is 19.6. The first-order valence-corrected chi connectivity index (χ1v) is 9.52. The SMILES string of the molecule is Nc1cccc(Sc2cnc(N3CCC4(CCOC4)CC3)c(=O)[nH]2)c1F. The van der Waals surface area contributed by atoms with Crippen LogP contribution in [0, 0.1) is 11.2 Å². The second-order valence-electron chi connectivity index (χ2n) is 6.95. The molecule has 2 aromatic rings. The molecule has 0 saturated carbocycles. The number of aromatic nitrogens is 2. The molecule has 1 spiro atoms. The van der Waals surface area contributed by atoms with E-state index in [1.54, 1.807) is 18.3 Å². The summed E-state index contributed by atoms with van der Waals surface area (Å²) in [6, 6.07) is 4.80. The number of hydrogen-bond acceptors (Lipinski definition) is 6. The van der Waals surface area contributed by atoms with Crippen LogP contribution in [0.4, 0.5) is 15.9 Å². The quantitative estimate of drug-likeness (QED) is 0.801. The number of nitrogens with one attached hydrogen (secondary N) is 1. The van der Waals surface area contributed by atoms with Gasteiger partial charge in [0.1, 0.15) is 0 Å². The van der Waals surface area contributed by atoms with Crippen molar-refractivity contribution in [1.82, 2.24) is 9.97 Å². The molecule has 1 aromatic heterocycles. The molecule has 26 heavy (non-hydrogen) atoms. The van der Waals surface area contributed by atoms with Gasteiger partial charge in [0, 0.05) is 19.7 Å². The van der Waals surface area contributed by atoms with E-state index < -0.39 is 5.82 Å². The number of piperidine rings is 1. The Morgan fingerprint density at radius 3 is 2.81 bits per heavy atom. The standard InChI is InChI=1S/C18H21FN4O2S/c19-15-12(20)2-1-3-13(15)26-14-10-21-16(17(24)22-14)23-7-4-18(5-8-23)6-9-25-11-18/h1-3,10H,4-9,11,20H2,(H,22,24). The van der Waals surface area contributed by atoms with Crippen LogP contribution < -0.4 is 16.2 Å². The van der Waals surface area contributed by atoms with Crippen LogP contribution in [0.15, 0.2) is 39.1 Å². The van der Waals surface area contributed by atoms with E-state index in [2.05, 4.69) is 9.97 Å². The average molecular weight is 376 g/mol. The fourth-order valence-corrected chi connectivity index (χ4v) is 4.46.